The summed E-state index contributed by atoms with van der Waals surface area (Å²) in [6.45, 7) is 8.60. The van der Waals surface area contributed by atoms with Crippen LogP contribution < -0.4 is 0 Å². The average Bonchev–Trinajstić information content (AvgIpc) is 3.14. The lowest BCUT2D eigenvalue weighted by molar-refractivity contribution is -0.341. The third kappa shape index (κ3) is 16.0. The molecule has 3 rings (SSSR count). The van der Waals surface area contributed by atoms with Crippen molar-refractivity contribution in [3.05, 3.63) is 11.2 Å². The van der Waals surface area contributed by atoms with Crippen molar-refractivity contribution < 1.29 is 114 Å². The zero-order valence-electron chi connectivity index (χ0n) is 35.9. The van der Waals surface area contributed by atoms with E-state index >= 15 is 0 Å². The highest BCUT2D eigenvalue weighted by molar-refractivity contribution is 8.03. The van der Waals surface area contributed by atoms with Gasteiger partial charge < -0.3 is 66.3 Å². The van der Waals surface area contributed by atoms with E-state index in [-0.39, 0.29) is 4.91 Å². The Kier molecular flexibility index (Phi) is 19.6. The molecule has 25 heteroatoms. The van der Waals surface area contributed by atoms with E-state index in [1.807, 2.05) is 0 Å². The molecule has 0 radical (unpaired) electrons. The van der Waals surface area contributed by atoms with Crippen molar-refractivity contribution in [3.63, 3.8) is 0 Å². The second-order valence-corrected chi connectivity index (χ2v) is 15.1. The molecule has 0 aromatic heterocycles. The molecule has 0 saturated carbocycles. The number of thioether (sulfide) groups is 1. The van der Waals surface area contributed by atoms with Gasteiger partial charge in [-0.3, -0.25) is 47.9 Å². The van der Waals surface area contributed by atoms with Gasteiger partial charge in [0.05, 0.1) is 11.2 Å². The molecule has 63 heavy (non-hydrogen) atoms. The van der Waals surface area contributed by atoms with Gasteiger partial charge in [0.25, 0.3) is 0 Å². The number of hydrogen-bond acceptors (Lipinski definition) is 25. The third-order valence-corrected chi connectivity index (χ3v) is 9.70. The molecule has 3 heterocycles. The van der Waals surface area contributed by atoms with Gasteiger partial charge in [0.15, 0.2) is 55.1 Å². The smallest absolute Gasteiger partial charge is 0.303 e. The topological polar surface area (TPSA) is 300 Å². The number of carbonyl (C=O) groups excluding carboxylic acids is 10. The van der Waals surface area contributed by atoms with Crippen molar-refractivity contribution in [1.29, 1.82) is 0 Å². The maximum Gasteiger partial charge on any atom is 0.303 e. The molecule has 0 N–H and O–H groups in total. The minimum absolute atomic E-state index is 0.0376. The van der Waals surface area contributed by atoms with Crippen molar-refractivity contribution in [2.75, 3.05) is 19.8 Å². The molecule has 13 atom stereocenters. The van der Waals surface area contributed by atoms with E-state index in [9.17, 15) is 47.9 Å². The first-order valence-electron chi connectivity index (χ1n) is 19.1. The maximum absolute atomic E-state index is 12.9. The Morgan fingerprint density at radius 3 is 1.27 bits per heavy atom. The first-order chi connectivity index (χ1) is 29.5. The number of rotatable bonds is 17. The van der Waals surface area contributed by atoms with E-state index in [0.29, 0.717) is 11.8 Å². The number of hydrogen-bond donors (Lipinski definition) is 0. The lowest BCUT2D eigenvalue weighted by Gasteiger charge is -2.49. The van der Waals surface area contributed by atoms with Gasteiger partial charge in [-0.2, -0.15) is 0 Å². The van der Waals surface area contributed by atoms with E-state index in [1.165, 1.54) is 0 Å². The van der Waals surface area contributed by atoms with Gasteiger partial charge in [0.2, 0.25) is 0 Å². The van der Waals surface area contributed by atoms with E-state index < -0.39 is 158 Å². The summed E-state index contributed by atoms with van der Waals surface area (Å²) in [4.78, 5) is 123. The molecule has 0 aromatic carbocycles. The van der Waals surface area contributed by atoms with Crippen LogP contribution in [0.5, 0.6) is 0 Å². The molecular weight excluding hydrogens is 872 g/mol. The summed E-state index contributed by atoms with van der Waals surface area (Å²) in [7, 11) is 0. The zero-order chi connectivity index (χ0) is 47.3. The van der Waals surface area contributed by atoms with Gasteiger partial charge in [-0.15, -0.1) is 0 Å². The lowest BCUT2D eigenvalue weighted by Crippen LogP contribution is -2.66. The Labute approximate surface area is 364 Å². The maximum atomic E-state index is 12.9. The summed E-state index contributed by atoms with van der Waals surface area (Å²) < 4.78 is 79.0. The van der Waals surface area contributed by atoms with E-state index in [1.54, 1.807) is 0 Å². The Morgan fingerprint density at radius 1 is 0.429 bits per heavy atom. The molecular formula is C38H50O24S. The van der Waals surface area contributed by atoms with Gasteiger partial charge in [-0.25, -0.2) is 0 Å². The van der Waals surface area contributed by atoms with Crippen LogP contribution in [0.3, 0.4) is 0 Å². The average molecular weight is 923 g/mol. The molecule has 2 saturated heterocycles. The Hall–Kier alpha value is -5.53. The molecule has 352 valence electrons. The SMILES string of the molecule is CC(=O)OC[C@H]1O[C@@H](SC2=CO[C@H](COC(C)=O)[C@@H](OC(C)=O)[C@@H]2OC(C)=O)[C@H](OC(C)=O)[C@@H](OC(C)=O)[C@@H]1O[C@@H]1O[C@H](COC(C)=O)[C@@H](OC(C)=O)[C@H](OC(C)=O)[C@H]1OC(C)=O. The van der Waals surface area contributed by atoms with Crippen LogP contribution in [-0.4, -0.2) is 158 Å². The number of esters is 10. The molecule has 0 spiro atoms. The minimum atomic E-state index is -1.92. The van der Waals surface area contributed by atoms with Crippen LogP contribution in [0.1, 0.15) is 69.2 Å². The first kappa shape index (κ1) is 51.8. The van der Waals surface area contributed by atoms with Crippen molar-refractivity contribution in [2.45, 2.75) is 148 Å². The normalized spacial score (nSPS) is 30.0. The highest BCUT2D eigenvalue weighted by Crippen LogP contribution is 2.43. The second-order valence-electron chi connectivity index (χ2n) is 13.9. The molecule has 3 aliphatic heterocycles. The van der Waals surface area contributed by atoms with Gasteiger partial charge in [-0.05, 0) is 0 Å². The second kappa shape index (κ2) is 23.8. The molecule has 24 nitrogen and oxygen atoms in total. The van der Waals surface area contributed by atoms with Crippen molar-refractivity contribution >= 4 is 71.5 Å². The van der Waals surface area contributed by atoms with E-state index in [0.717, 1.165) is 75.5 Å². The molecule has 0 unspecified atom stereocenters. The first-order valence-corrected chi connectivity index (χ1v) is 19.9. The van der Waals surface area contributed by atoms with Gasteiger partial charge >= 0.3 is 59.7 Å². The Balaban J connectivity index is 2.23. The van der Waals surface area contributed by atoms with Crippen LogP contribution >= 0.6 is 11.8 Å². The summed E-state index contributed by atoms with van der Waals surface area (Å²) in [6, 6.07) is 0. The molecule has 0 aromatic rings. The van der Waals surface area contributed by atoms with Crippen molar-refractivity contribution in [2.24, 2.45) is 0 Å². The summed E-state index contributed by atoms with van der Waals surface area (Å²) >= 11 is 0.666. The van der Waals surface area contributed by atoms with Crippen molar-refractivity contribution in [1.82, 2.24) is 0 Å². The summed E-state index contributed by atoms with van der Waals surface area (Å²) in [5, 5.41) is 0. The van der Waals surface area contributed by atoms with Crippen LogP contribution in [0, 0.1) is 0 Å². The van der Waals surface area contributed by atoms with Crippen LogP contribution in [-0.2, 0) is 114 Å². The Morgan fingerprint density at radius 2 is 0.810 bits per heavy atom. The molecule has 3 aliphatic rings. The fourth-order valence-corrected chi connectivity index (χ4v) is 7.66. The largest absolute Gasteiger partial charge is 0.489 e. The predicted molar refractivity (Wildman–Crippen MR) is 202 cm³/mol. The molecule has 0 aliphatic carbocycles. The van der Waals surface area contributed by atoms with Gasteiger partial charge in [-0.1, -0.05) is 11.8 Å². The zero-order valence-corrected chi connectivity index (χ0v) is 36.7. The summed E-state index contributed by atoms with van der Waals surface area (Å²) in [5.41, 5.74) is -1.52. The highest BCUT2D eigenvalue weighted by atomic mass is 32.2. The van der Waals surface area contributed by atoms with Gasteiger partial charge in [0, 0.05) is 69.2 Å². The van der Waals surface area contributed by atoms with Crippen LogP contribution in [0.15, 0.2) is 11.2 Å². The quantitative estimate of drug-likeness (QED) is 0.137. The lowest BCUT2D eigenvalue weighted by atomic mass is 9.96. The Bertz CT molecular complexity index is 1760. The molecule has 0 amide bonds. The standard InChI is InChI=1S/C38H50O24S/c1-15(39)49-11-25-29(53-18(4)42)32(55-20(6)44)28(14-52-25)63-38-36(59-24(10)48)34(57-22(8)46)31(27(61-38)13-51-17(3)41)62-37-35(58-23(9)47)33(56-21(7)45)30(54-19(5)43)26(60-37)12-50-16(2)40/h14,25-27,29-38H,11-13H2,1-10H3/t25-,26-,27-,29-,30-,31-,32-,33+,34+,35-,36-,37+,38+/m1/s1. The summed E-state index contributed by atoms with van der Waals surface area (Å²) in [6.07, 6.45) is -18.3. The fourth-order valence-electron chi connectivity index (χ4n) is 6.42. The van der Waals surface area contributed by atoms with Crippen LogP contribution in [0.2, 0.25) is 0 Å². The predicted octanol–water partition coefficient (Wildman–Crippen LogP) is 0.00600. The van der Waals surface area contributed by atoms with Crippen LogP contribution in [0.25, 0.3) is 0 Å². The highest BCUT2D eigenvalue weighted by Gasteiger charge is 2.58. The van der Waals surface area contributed by atoms with Crippen LogP contribution in [0.4, 0.5) is 0 Å². The van der Waals surface area contributed by atoms with E-state index in [2.05, 4.69) is 0 Å². The monoisotopic (exact) mass is 922 g/mol. The third-order valence-electron chi connectivity index (χ3n) is 8.49. The molecule has 2 fully saturated rings. The molecule has 0 bridgehead atoms. The van der Waals surface area contributed by atoms with E-state index in [4.69, 9.17) is 66.3 Å². The number of carbonyl (C=O) groups is 10. The number of ether oxygens (including phenoxy) is 14. The minimum Gasteiger partial charge on any atom is -0.489 e. The summed E-state index contributed by atoms with van der Waals surface area (Å²) in [5.74, 6) is -8.83. The van der Waals surface area contributed by atoms with Crippen molar-refractivity contribution in [3.8, 4) is 0 Å². The fraction of sp³-hybridized carbons (Fsp3) is 0.684. The van der Waals surface area contributed by atoms with Gasteiger partial charge in [0.1, 0.15) is 43.6 Å².